The average molecular weight is 995 g/mol. The van der Waals surface area contributed by atoms with E-state index >= 15 is 0 Å². The fraction of sp³-hybridized carbons (Fsp3) is 0.250. The maximum absolute atomic E-state index is 7.57. The molecule has 14 nitrogen and oxygen atoms in total. The Morgan fingerprint density at radius 1 is 0.317 bits per heavy atom. The molecule has 0 atom stereocenters. The molecule has 6 rings (SSSR count). The molecule has 6 aromatic heterocycles. The first-order chi connectivity index (χ1) is 26.4. The molecule has 60 heavy (non-hydrogen) atoms. The zero-order valence-electron chi connectivity index (χ0n) is 33.8. The summed E-state index contributed by atoms with van der Waals surface area (Å²) < 4.78 is 0. The first-order valence-corrected chi connectivity index (χ1v) is 17.2. The number of nitrogens with zero attached hydrogens (tertiary/aromatic N) is 6. The second-order valence-electron chi connectivity index (χ2n) is 9.78. The summed E-state index contributed by atoms with van der Waals surface area (Å²) in [4.78, 5) is 23.8. The van der Waals surface area contributed by atoms with Crippen LogP contribution in [-0.4, -0.2) is 53.3 Å². The topological polar surface area (TPSA) is 274 Å². The van der Waals surface area contributed by atoms with Gasteiger partial charge in [-0.05, 0) is 86.6 Å². The molecule has 0 fully saturated rings. The van der Waals surface area contributed by atoms with Crippen molar-refractivity contribution in [1.29, 1.82) is 0 Å². The number of hydrogen-bond donors (Lipinski definition) is 8. The number of aromatic nitrogens is 6. The Morgan fingerprint density at radius 3 is 0.483 bits per heavy atom. The Morgan fingerprint density at radius 2 is 0.433 bits per heavy atom. The van der Waals surface area contributed by atoms with E-state index in [1.54, 1.807) is 51.0 Å². The number of pyridine rings is 6. The predicted octanol–water partition coefficient (Wildman–Crippen LogP) is -8.75. The van der Waals surface area contributed by atoms with E-state index in [9.17, 15) is 0 Å². The third kappa shape index (κ3) is 49.1. The maximum atomic E-state index is 7.57. The number of hydrogen-bond acceptors (Lipinski definition) is 14. The van der Waals surface area contributed by atoms with Crippen LogP contribution in [0.15, 0.2) is 146 Å². The summed E-state index contributed by atoms with van der Waals surface area (Å²) in [6.07, 6.45) is 10.4. The molecule has 0 aliphatic carbocycles. The third-order valence-corrected chi connectivity index (χ3v) is 5.61. The predicted molar refractivity (Wildman–Crippen MR) is 218 cm³/mol. The van der Waals surface area contributed by atoms with Gasteiger partial charge in [-0.3, -0.25) is 29.9 Å². The Hall–Kier alpha value is -3.22. The molecule has 2 radical (unpaired) electrons. The van der Waals surface area contributed by atoms with E-state index in [1.165, 1.54) is 0 Å². The van der Waals surface area contributed by atoms with E-state index in [-0.39, 0.29) is 97.0 Å². The van der Waals surface area contributed by atoms with Crippen molar-refractivity contribution in [3.05, 3.63) is 181 Å². The molecule has 0 saturated heterocycles. The van der Waals surface area contributed by atoms with Gasteiger partial charge in [-0.15, -0.1) is 0 Å². The van der Waals surface area contributed by atoms with Gasteiger partial charge in [0.2, 0.25) is 0 Å². The van der Waals surface area contributed by atoms with Gasteiger partial charge in [0.25, 0.3) is 0 Å². The number of halogens is 4. The van der Waals surface area contributed by atoms with E-state index in [0.717, 1.165) is 34.2 Å². The first kappa shape index (κ1) is 74.2. The Bertz CT molecular complexity index is 1270. The van der Waals surface area contributed by atoms with Crippen molar-refractivity contribution < 1.29 is 94.0 Å². The second-order valence-corrected chi connectivity index (χ2v) is 9.78. The van der Waals surface area contributed by atoms with Gasteiger partial charge in [-0.2, -0.15) is 0 Å². The van der Waals surface area contributed by atoms with Gasteiger partial charge in [0.15, 0.2) is 0 Å². The molecule has 0 unspecified atom stereocenters. The van der Waals surface area contributed by atoms with Crippen molar-refractivity contribution in [3.8, 4) is 0 Å². The summed E-state index contributed by atoms with van der Waals surface area (Å²) in [5.74, 6) is 0. The molecule has 0 saturated carbocycles. The van der Waals surface area contributed by atoms with Crippen molar-refractivity contribution >= 4 is 0 Å². The molecule has 0 aliphatic heterocycles. The summed E-state index contributed by atoms with van der Waals surface area (Å²) in [6.45, 7) is 7.03. The molecule has 0 aliphatic rings. The van der Waals surface area contributed by atoms with Crippen LogP contribution in [0.2, 0.25) is 0 Å². The maximum Gasteiger partial charge on any atom is 5.00 e. The third-order valence-electron chi connectivity index (χ3n) is 5.61. The van der Waals surface area contributed by atoms with Crippen LogP contribution in [0.1, 0.15) is 48.0 Å². The molecule has 0 bridgehead atoms. The quantitative estimate of drug-likeness (QED) is 0.0721. The molecule has 330 valence electrons. The van der Waals surface area contributed by atoms with E-state index in [1.807, 2.05) is 109 Å². The minimum absolute atomic E-state index is 0. The van der Waals surface area contributed by atoms with Gasteiger partial charge in [0.1, 0.15) is 0 Å². The number of aliphatic hydroxyl groups excluding tert-OH is 2. The van der Waals surface area contributed by atoms with Crippen molar-refractivity contribution in [2.24, 2.45) is 34.4 Å². The smallest absolute Gasteiger partial charge is 1.00 e. The van der Waals surface area contributed by atoms with Crippen LogP contribution in [0.4, 0.5) is 0 Å². The standard InChI is InChI=1S/6C6H8N2.2C2H6O.4ClH.2Fe/c6*7-5-6-3-1-2-4-8-6;2*1-2-3;;;;;;/h6*1-4H,5,7H2;2*3H,2H2,1H3;4*1H;;/q;;;;;;;;;;;;2*+5/p-4. The van der Waals surface area contributed by atoms with Gasteiger partial charge >= 0.3 is 34.1 Å². The van der Waals surface area contributed by atoms with Crippen LogP contribution in [0.3, 0.4) is 0 Å². The molecule has 6 aromatic rings. The van der Waals surface area contributed by atoms with Gasteiger partial charge in [-0.25, -0.2) is 0 Å². The van der Waals surface area contributed by atoms with Crippen molar-refractivity contribution in [1.82, 2.24) is 29.9 Å². The van der Waals surface area contributed by atoms with E-state index in [2.05, 4.69) is 29.9 Å². The van der Waals surface area contributed by atoms with Crippen LogP contribution >= 0.6 is 0 Å². The largest absolute Gasteiger partial charge is 5.00 e. The van der Waals surface area contributed by atoms with Crippen LogP contribution in [-0.2, 0) is 73.4 Å². The monoisotopic (exact) mass is 992 g/mol. The van der Waals surface area contributed by atoms with Crippen LogP contribution in [0, 0.1) is 0 Å². The molecule has 0 amide bonds. The van der Waals surface area contributed by atoms with Crippen molar-refractivity contribution in [3.63, 3.8) is 0 Å². The van der Waals surface area contributed by atoms with Gasteiger partial charge in [0, 0.05) is 89.7 Å². The van der Waals surface area contributed by atoms with Gasteiger partial charge in [-0.1, -0.05) is 36.4 Å². The summed E-state index contributed by atoms with van der Waals surface area (Å²) in [6, 6.07) is 34.2. The Kier molecular flexibility index (Phi) is 74.4. The Labute approximate surface area is 402 Å². The molecule has 6 heterocycles. The van der Waals surface area contributed by atoms with Crippen molar-refractivity contribution in [2.75, 3.05) is 13.2 Å². The molecular weight excluding hydrogens is 934 g/mol. The van der Waals surface area contributed by atoms with Crippen LogP contribution < -0.4 is 84.0 Å². The fourth-order valence-corrected chi connectivity index (χ4v) is 3.11. The van der Waals surface area contributed by atoms with Gasteiger partial charge < -0.3 is 94.2 Å². The van der Waals surface area contributed by atoms with Crippen LogP contribution in [0.25, 0.3) is 0 Å². The van der Waals surface area contributed by atoms with Crippen LogP contribution in [0.5, 0.6) is 0 Å². The summed E-state index contributed by atoms with van der Waals surface area (Å²) in [5.41, 5.74) is 37.3. The molecule has 14 N–H and O–H groups in total. The zero-order valence-corrected chi connectivity index (χ0v) is 39.0. The van der Waals surface area contributed by atoms with E-state index in [0.29, 0.717) is 39.3 Å². The Balaban J connectivity index is -0.0000000861. The zero-order chi connectivity index (χ0) is 40.3. The normalized spacial score (nSPS) is 7.90. The number of rotatable bonds is 6. The van der Waals surface area contributed by atoms with Crippen molar-refractivity contribution in [2.45, 2.75) is 53.1 Å². The second kappa shape index (κ2) is 60.1. The summed E-state index contributed by atoms with van der Waals surface area (Å²) in [7, 11) is 0. The minimum atomic E-state index is 0. The molecule has 0 aromatic carbocycles. The minimum Gasteiger partial charge on any atom is -1.00 e. The van der Waals surface area contributed by atoms with Gasteiger partial charge in [0.05, 0.1) is 34.2 Å². The van der Waals surface area contributed by atoms with E-state index < -0.39 is 0 Å². The average Bonchev–Trinajstić information content (AvgIpc) is 3.27. The molecule has 0 spiro atoms. The first-order valence-electron chi connectivity index (χ1n) is 17.2. The number of aliphatic hydroxyl groups is 2. The number of nitrogens with two attached hydrogens (primary N) is 6. The van der Waals surface area contributed by atoms with E-state index in [4.69, 9.17) is 44.6 Å². The molecule has 20 heteroatoms. The molecular formula is C40H60Cl4Fe2N12O2+6. The summed E-state index contributed by atoms with van der Waals surface area (Å²) >= 11 is 0. The fourth-order valence-electron chi connectivity index (χ4n) is 3.11. The summed E-state index contributed by atoms with van der Waals surface area (Å²) in [5, 5.41) is 15.1. The SMILES string of the molecule is CCO.CCO.NCc1ccccn1.NCc1ccccn1.NCc1ccccn1.NCc1ccccn1.NCc1ccccn1.NCc1ccccn1.[Cl-].[Cl-].[Cl-].[Cl-].[Fe+5].[Fe+5].